The number of rotatable bonds is 6. The molecule has 1 aromatic rings. The predicted octanol–water partition coefficient (Wildman–Crippen LogP) is 3.11. The Morgan fingerprint density at radius 3 is 1.50 bits per heavy atom. The average Bonchev–Trinajstić information content (AvgIpc) is 3.18. The van der Waals surface area contributed by atoms with Crippen LogP contribution in [0.25, 0.3) is 0 Å². The van der Waals surface area contributed by atoms with Gasteiger partial charge >= 0.3 is 0 Å². The fourth-order valence-corrected chi connectivity index (χ4v) is 9.06. The van der Waals surface area contributed by atoms with Crippen LogP contribution in [0.1, 0.15) is 11.1 Å². The van der Waals surface area contributed by atoms with Crippen molar-refractivity contribution in [3.05, 3.63) is 35.4 Å². The van der Waals surface area contributed by atoms with Gasteiger partial charge in [0.2, 0.25) is 0 Å². The summed E-state index contributed by atoms with van der Waals surface area (Å²) in [6, 6.07) is 9.04. The molecular formula is C16H22O2S4. The quantitative estimate of drug-likeness (QED) is 0.797. The van der Waals surface area contributed by atoms with Gasteiger partial charge in [-0.1, -0.05) is 24.3 Å². The van der Waals surface area contributed by atoms with E-state index < -0.39 is 0 Å². The summed E-state index contributed by atoms with van der Waals surface area (Å²) in [5, 5.41) is 19.3. The Bertz CT molecular complexity index is 425. The smallest absolute Gasteiger partial charge is 0.0558 e. The van der Waals surface area contributed by atoms with Crippen molar-refractivity contribution in [3.8, 4) is 0 Å². The highest BCUT2D eigenvalue weighted by molar-refractivity contribution is 8.20. The minimum absolute atomic E-state index is 0.304. The van der Waals surface area contributed by atoms with Crippen LogP contribution in [-0.2, 0) is 12.8 Å². The highest BCUT2D eigenvalue weighted by Crippen LogP contribution is 2.40. The van der Waals surface area contributed by atoms with Crippen LogP contribution in [0.5, 0.6) is 0 Å². The first-order valence-electron chi connectivity index (χ1n) is 7.60. The second-order valence-corrected chi connectivity index (χ2v) is 11.7. The van der Waals surface area contributed by atoms with Crippen LogP contribution in [0.3, 0.4) is 0 Å². The summed E-state index contributed by atoms with van der Waals surface area (Å²) in [5.41, 5.74) is 2.79. The second kappa shape index (κ2) is 8.58. The van der Waals surface area contributed by atoms with Crippen molar-refractivity contribution in [2.45, 2.75) is 32.5 Å². The molecule has 2 nitrogen and oxygen atoms in total. The van der Waals surface area contributed by atoms with E-state index in [1.54, 1.807) is 0 Å². The van der Waals surface area contributed by atoms with E-state index >= 15 is 0 Å². The maximum absolute atomic E-state index is 9.20. The molecule has 0 bridgehead atoms. The molecule has 4 unspecified atom stereocenters. The van der Waals surface area contributed by atoms with E-state index in [1.165, 1.54) is 11.1 Å². The molecule has 2 fully saturated rings. The lowest BCUT2D eigenvalue weighted by atomic mass is 10.1. The molecule has 0 saturated carbocycles. The van der Waals surface area contributed by atoms with Gasteiger partial charge in [0, 0.05) is 22.0 Å². The molecular weight excluding hydrogens is 352 g/mol. The Balaban J connectivity index is 1.48. The Hall–Kier alpha value is 0.540. The molecule has 2 aliphatic rings. The van der Waals surface area contributed by atoms with E-state index in [9.17, 15) is 10.2 Å². The highest BCUT2D eigenvalue weighted by atomic mass is 32.2. The Morgan fingerprint density at radius 2 is 1.18 bits per heavy atom. The summed E-state index contributed by atoms with van der Waals surface area (Å²) in [7, 11) is 0. The van der Waals surface area contributed by atoms with Crippen LogP contribution in [0, 0.1) is 0 Å². The van der Waals surface area contributed by atoms with Gasteiger partial charge in [0.1, 0.15) is 0 Å². The lowest BCUT2D eigenvalue weighted by Crippen LogP contribution is -2.07. The van der Waals surface area contributed by atoms with E-state index in [2.05, 4.69) is 24.3 Å². The van der Waals surface area contributed by atoms with E-state index in [4.69, 9.17) is 0 Å². The second-order valence-electron chi connectivity index (χ2n) is 5.63. The lowest BCUT2D eigenvalue weighted by molar-refractivity contribution is 0.301. The molecule has 0 aromatic heterocycles. The zero-order chi connectivity index (χ0) is 15.4. The van der Waals surface area contributed by atoms with Gasteiger partial charge in [0.15, 0.2) is 0 Å². The average molecular weight is 375 g/mol. The number of thioether (sulfide) groups is 4. The van der Waals surface area contributed by atoms with Crippen molar-refractivity contribution in [2.75, 3.05) is 24.7 Å². The third kappa shape index (κ3) is 4.77. The third-order valence-electron chi connectivity index (χ3n) is 3.86. The lowest BCUT2D eigenvalue weighted by Gasteiger charge is -2.11. The van der Waals surface area contributed by atoms with Crippen LogP contribution in [0.2, 0.25) is 0 Å². The number of hydrogen-bond donors (Lipinski definition) is 2. The molecule has 122 valence electrons. The summed E-state index contributed by atoms with van der Waals surface area (Å²) in [6.45, 7) is 0.608. The monoisotopic (exact) mass is 374 g/mol. The zero-order valence-electron chi connectivity index (χ0n) is 12.4. The van der Waals surface area contributed by atoms with Crippen molar-refractivity contribution in [3.63, 3.8) is 0 Å². The van der Waals surface area contributed by atoms with Gasteiger partial charge in [-0.2, -0.15) is 0 Å². The number of aliphatic hydroxyl groups excluding tert-OH is 2. The molecule has 0 spiro atoms. The van der Waals surface area contributed by atoms with Gasteiger partial charge in [-0.05, 0) is 24.0 Å². The molecule has 2 heterocycles. The first-order valence-corrected chi connectivity index (χ1v) is 11.6. The van der Waals surface area contributed by atoms with Gasteiger partial charge < -0.3 is 10.2 Å². The van der Waals surface area contributed by atoms with Crippen LogP contribution < -0.4 is 0 Å². The SMILES string of the molecule is OCC1CSC(Cc2ccc(CC3SCC(CO)S3)cc2)S1. The van der Waals surface area contributed by atoms with Gasteiger partial charge in [-0.15, -0.1) is 47.0 Å². The van der Waals surface area contributed by atoms with Crippen molar-refractivity contribution in [2.24, 2.45) is 0 Å². The fourth-order valence-electron chi connectivity index (χ4n) is 2.62. The summed E-state index contributed by atoms with van der Waals surface area (Å²) in [6.07, 6.45) is 2.18. The fraction of sp³-hybridized carbons (Fsp3) is 0.625. The molecule has 2 N–H and O–H groups in total. The van der Waals surface area contributed by atoms with Crippen molar-refractivity contribution in [1.82, 2.24) is 0 Å². The minimum atomic E-state index is 0.304. The number of hydrogen-bond acceptors (Lipinski definition) is 6. The molecule has 0 radical (unpaired) electrons. The number of aliphatic hydroxyl groups is 2. The number of benzene rings is 1. The van der Waals surface area contributed by atoms with E-state index in [-0.39, 0.29) is 0 Å². The zero-order valence-corrected chi connectivity index (χ0v) is 15.7. The summed E-state index contributed by atoms with van der Waals surface area (Å²) in [5.74, 6) is 2.15. The van der Waals surface area contributed by atoms with E-state index in [0.717, 1.165) is 24.3 Å². The summed E-state index contributed by atoms with van der Waals surface area (Å²) in [4.78, 5) is 0. The van der Waals surface area contributed by atoms with E-state index in [1.807, 2.05) is 47.0 Å². The van der Waals surface area contributed by atoms with Crippen molar-refractivity contribution >= 4 is 47.0 Å². The molecule has 3 rings (SSSR count). The van der Waals surface area contributed by atoms with Crippen LogP contribution in [0.4, 0.5) is 0 Å². The molecule has 2 aliphatic heterocycles. The standard InChI is InChI=1S/C16H22O2S4/c17-7-13-9-19-15(21-13)5-11-1-2-12(4-3-11)6-16-20-10-14(8-18)22-16/h1-4,13-18H,5-10H2. The molecule has 0 aliphatic carbocycles. The normalized spacial score (nSPS) is 31.7. The molecule has 22 heavy (non-hydrogen) atoms. The van der Waals surface area contributed by atoms with Crippen molar-refractivity contribution in [1.29, 1.82) is 0 Å². The molecule has 0 amide bonds. The highest BCUT2D eigenvalue weighted by Gasteiger charge is 2.26. The largest absolute Gasteiger partial charge is 0.395 e. The Morgan fingerprint density at radius 1 is 0.773 bits per heavy atom. The minimum Gasteiger partial charge on any atom is -0.395 e. The molecule has 2 saturated heterocycles. The maximum atomic E-state index is 9.20. The van der Waals surface area contributed by atoms with Gasteiger partial charge in [-0.3, -0.25) is 0 Å². The van der Waals surface area contributed by atoms with Gasteiger partial charge in [0.05, 0.1) is 22.4 Å². The summed E-state index contributed by atoms with van der Waals surface area (Å²) < 4.78 is 1.18. The predicted molar refractivity (Wildman–Crippen MR) is 103 cm³/mol. The van der Waals surface area contributed by atoms with Crippen LogP contribution >= 0.6 is 47.0 Å². The first-order chi connectivity index (χ1) is 10.8. The third-order valence-corrected chi connectivity index (χ3v) is 10.4. The van der Waals surface area contributed by atoms with Crippen LogP contribution in [0.15, 0.2) is 24.3 Å². The first kappa shape index (κ1) is 17.4. The summed E-state index contributed by atoms with van der Waals surface area (Å²) >= 11 is 7.79. The Kier molecular flexibility index (Phi) is 6.77. The molecule has 1 aromatic carbocycles. The Labute approximate surface area is 149 Å². The van der Waals surface area contributed by atoms with Gasteiger partial charge in [0.25, 0.3) is 0 Å². The molecule has 6 heteroatoms. The topological polar surface area (TPSA) is 40.5 Å². The van der Waals surface area contributed by atoms with Crippen LogP contribution in [-0.4, -0.2) is 54.6 Å². The van der Waals surface area contributed by atoms with E-state index in [0.29, 0.717) is 32.9 Å². The van der Waals surface area contributed by atoms with Crippen molar-refractivity contribution < 1.29 is 10.2 Å². The molecule has 4 atom stereocenters. The van der Waals surface area contributed by atoms with Gasteiger partial charge in [-0.25, -0.2) is 0 Å². The maximum Gasteiger partial charge on any atom is 0.0558 e.